The maximum atomic E-state index is 11.1. The molecular formula is C6H12N4O2. The van der Waals surface area contributed by atoms with E-state index < -0.39 is 6.10 Å². The minimum atomic E-state index is -0.711. The van der Waals surface area contributed by atoms with Crippen LogP contribution in [0.3, 0.4) is 0 Å². The number of hydrogen-bond donors (Lipinski definition) is 2. The lowest BCUT2D eigenvalue weighted by atomic mass is 10.4. The molecule has 0 radical (unpaired) electrons. The Morgan fingerprint density at radius 3 is 2.92 bits per heavy atom. The smallest absolute Gasteiger partial charge is 0.345 e. The molecule has 3 N–H and O–H groups in total. The van der Waals surface area contributed by atoms with Crippen LogP contribution in [0.4, 0.5) is 0 Å². The van der Waals surface area contributed by atoms with Crippen molar-refractivity contribution in [2.75, 3.05) is 6.54 Å². The van der Waals surface area contributed by atoms with E-state index in [1.54, 1.807) is 7.05 Å². The van der Waals surface area contributed by atoms with Crippen molar-refractivity contribution in [3.05, 3.63) is 16.8 Å². The van der Waals surface area contributed by atoms with Crippen LogP contribution in [0.15, 0.2) is 11.1 Å². The standard InChI is InChI=1S/C6H12N4O2/c1-9-4-8-10(6(9)12)3-5(11)2-7/h4-5,11H,2-3,7H2,1H3/t5-/m1/s1. The van der Waals surface area contributed by atoms with E-state index in [2.05, 4.69) is 5.10 Å². The molecule has 6 heteroatoms. The van der Waals surface area contributed by atoms with Crippen molar-refractivity contribution in [1.82, 2.24) is 14.3 Å². The molecule has 0 unspecified atom stereocenters. The van der Waals surface area contributed by atoms with Crippen LogP contribution >= 0.6 is 0 Å². The van der Waals surface area contributed by atoms with Gasteiger partial charge in [-0.25, -0.2) is 9.48 Å². The SMILES string of the molecule is Cn1cnn(C[C@H](O)CN)c1=O. The van der Waals surface area contributed by atoms with Gasteiger partial charge in [0.25, 0.3) is 0 Å². The summed E-state index contributed by atoms with van der Waals surface area (Å²) in [4.78, 5) is 11.1. The van der Waals surface area contributed by atoms with Crippen molar-refractivity contribution in [3.63, 3.8) is 0 Å². The van der Waals surface area contributed by atoms with Crippen molar-refractivity contribution in [2.45, 2.75) is 12.6 Å². The number of nitrogens with two attached hydrogens (primary N) is 1. The zero-order chi connectivity index (χ0) is 9.14. The van der Waals surface area contributed by atoms with E-state index >= 15 is 0 Å². The average Bonchev–Trinajstić information content (AvgIpc) is 2.36. The van der Waals surface area contributed by atoms with Crippen LogP contribution in [0.5, 0.6) is 0 Å². The molecule has 0 aliphatic rings. The Morgan fingerprint density at radius 1 is 1.83 bits per heavy atom. The van der Waals surface area contributed by atoms with E-state index in [-0.39, 0.29) is 18.8 Å². The molecule has 1 aromatic rings. The van der Waals surface area contributed by atoms with Crippen LogP contribution in [0.2, 0.25) is 0 Å². The molecule has 0 fully saturated rings. The second-order valence-electron chi connectivity index (χ2n) is 2.60. The molecule has 0 amide bonds. The molecule has 0 aliphatic heterocycles. The molecule has 68 valence electrons. The molecule has 0 aliphatic carbocycles. The Kier molecular flexibility index (Phi) is 2.61. The summed E-state index contributed by atoms with van der Waals surface area (Å²) in [5.74, 6) is 0. The number of rotatable bonds is 3. The van der Waals surface area contributed by atoms with E-state index in [4.69, 9.17) is 10.8 Å². The van der Waals surface area contributed by atoms with Crippen molar-refractivity contribution >= 4 is 0 Å². The third-order valence-corrected chi connectivity index (χ3v) is 1.54. The number of aliphatic hydroxyl groups excluding tert-OH is 1. The van der Waals surface area contributed by atoms with Crippen LogP contribution in [-0.4, -0.2) is 32.1 Å². The van der Waals surface area contributed by atoms with Gasteiger partial charge >= 0.3 is 5.69 Å². The van der Waals surface area contributed by atoms with Gasteiger partial charge in [-0.15, -0.1) is 0 Å². The lowest BCUT2D eigenvalue weighted by Crippen LogP contribution is -2.32. The Balaban J connectivity index is 2.76. The monoisotopic (exact) mass is 172 g/mol. The van der Waals surface area contributed by atoms with Gasteiger partial charge in [-0.05, 0) is 0 Å². The molecule has 12 heavy (non-hydrogen) atoms. The zero-order valence-corrected chi connectivity index (χ0v) is 6.84. The van der Waals surface area contributed by atoms with Crippen molar-refractivity contribution in [2.24, 2.45) is 12.8 Å². The van der Waals surface area contributed by atoms with Gasteiger partial charge in [0.2, 0.25) is 0 Å². The summed E-state index contributed by atoms with van der Waals surface area (Å²) in [6, 6.07) is 0. The fourth-order valence-electron chi connectivity index (χ4n) is 0.820. The molecule has 1 heterocycles. The highest BCUT2D eigenvalue weighted by Gasteiger charge is 2.06. The minimum absolute atomic E-state index is 0.128. The summed E-state index contributed by atoms with van der Waals surface area (Å²) in [6.45, 7) is 0.277. The van der Waals surface area contributed by atoms with Gasteiger partial charge in [0.05, 0.1) is 12.6 Å². The fourth-order valence-corrected chi connectivity index (χ4v) is 0.820. The van der Waals surface area contributed by atoms with E-state index in [9.17, 15) is 4.79 Å². The molecular weight excluding hydrogens is 160 g/mol. The number of aromatic nitrogens is 3. The van der Waals surface area contributed by atoms with Crippen LogP contribution in [0, 0.1) is 0 Å². The summed E-state index contributed by atoms with van der Waals surface area (Å²) in [6.07, 6.45) is 0.684. The minimum Gasteiger partial charge on any atom is -0.390 e. The quantitative estimate of drug-likeness (QED) is 0.547. The molecule has 0 spiro atoms. The summed E-state index contributed by atoms with van der Waals surface area (Å²) < 4.78 is 2.51. The highest BCUT2D eigenvalue weighted by atomic mass is 16.3. The number of nitrogens with zero attached hydrogens (tertiary/aromatic N) is 3. The van der Waals surface area contributed by atoms with Gasteiger partial charge < -0.3 is 10.8 Å². The Hall–Kier alpha value is -1.14. The van der Waals surface area contributed by atoms with Gasteiger partial charge in [-0.3, -0.25) is 4.57 Å². The second kappa shape index (κ2) is 3.51. The Labute approximate surface area is 69.2 Å². The lowest BCUT2D eigenvalue weighted by molar-refractivity contribution is 0.155. The molecule has 0 saturated heterocycles. The number of aliphatic hydroxyl groups is 1. The van der Waals surface area contributed by atoms with E-state index in [0.717, 1.165) is 0 Å². The van der Waals surface area contributed by atoms with Crippen LogP contribution < -0.4 is 11.4 Å². The lowest BCUT2D eigenvalue weighted by Gasteiger charge is -2.04. The molecule has 1 aromatic heterocycles. The van der Waals surface area contributed by atoms with Gasteiger partial charge in [-0.1, -0.05) is 0 Å². The van der Waals surface area contributed by atoms with Crippen LogP contribution in [0.1, 0.15) is 0 Å². The average molecular weight is 172 g/mol. The Bertz CT molecular complexity index is 303. The predicted molar refractivity (Wildman–Crippen MR) is 42.5 cm³/mol. The van der Waals surface area contributed by atoms with Gasteiger partial charge in [-0.2, -0.15) is 5.10 Å². The van der Waals surface area contributed by atoms with E-state index in [0.29, 0.717) is 0 Å². The predicted octanol–water partition coefficient (Wildman–Crippen LogP) is -2.10. The third-order valence-electron chi connectivity index (χ3n) is 1.54. The largest absolute Gasteiger partial charge is 0.390 e. The maximum absolute atomic E-state index is 11.1. The zero-order valence-electron chi connectivity index (χ0n) is 6.84. The molecule has 0 aromatic carbocycles. The maximum Gasteiger partial charge on any atom is 0.345 e. The highest BCUT2D eigenvalue weighted by Crippen LogP contribution is 1.83. The van der Waals surface area contributed by atoms with E-state index in [1.807, 2.05) is 0 Å². The summed E-state index contributed by atoms with van der Waals surface area (Å²) in [7, 11) is 1.60. The van der Waals surface area contributed by atoms with Crippen molar-refractivity contribution < 1.29 is 5.11 Å². The number of aryl methyl sites for hydroxylation is 1. The van der Waals surface area contributed by atoms with Crippen molar-refractivity contribution in [1.29, 1.82) is 0 Å². The topological polar surface area (TPSA) is 86.1 Å². The summed E-state index contributed by atoms with van der Waals surface area (Å²) in [5, 5.41) is 12.9. The third kappa shape index (κ3) is 1.72. The highest BCUT2D eigenvalue weighted by molar-refractivity contribution is 4.67. The van der Waals surface area contributed by atoms with E-state index in [1.165, 1.54) is 15.6 Å². The summed E-state index contributed by atoms with van der Waals surface area (Å²) >= 11 is 0. The first-order chi connectivity index (χ1) is 5.65. The van der Waals surface area contributed by atoms with Gasteiger partial charge in [0.1, 0.15) is 6.33 Å². The molecule has 1 rings (SSSR count). The molecule has 1 atom stereocenters. The summed E-state index contributed by atoms with van der Waals surface area (Å²) in [5.41, 5.74) is 4.93. The number of hydrogen-bond acceptors (Lipinski definition) is 4. The normalized spacial score (nSPS) is 13.2. The molecule has 0 bridgehead atoms. The first-order valence-electron chi connectivity index (χ1n) is 3.61. The van der Waals surface area contributed by atoms with Crippen LogP contribution in [-0.2, 0) is 13.6 Å². The second-order valence-corrected chi connectivity index (χ2v) is 2.60. The molecule has 0 saturated carbocycles. The van der Waals surface area contributed by atoms with Crippen LogP contribution in [0.25, 0.3) is 0 Å². The fraction of sp³-hybridized carbons (Fsp3) is 0.667. The molecule has 6 nitrogen and oxygen atoms in total. The first kappa shape index (κ1) is 8.95. The van der Waals surface area contributed by atoms with Gasteiger partial charge in [0, 0.05) is 13.6 Å². The Morgan fingerprint density at radius 2 is 2.50 bits per heavy atom. The first-order valence-corrected chi connectivity index (χ1v) is 3.61. The van der Waals surface area contributed by atoms with Gasteiger partial charge in [0.15, 0.2) is 0 Å². The van der Waals surface area contributed by atoms with Crippen molar-refractivity contribution in [3.8, 4) is 0 Å².